The third-order valence-corrected chi connectivity index (χ3v) is 20.7. The van der Waals surface area contributed by atoms with Crippen LogP contribution < -0.4 is 0 Å². The second-order valence-electron chi connectivity index (χ2n) is 29.3. The van der Waals surface area contributed by atoms with Gasteiger partial charge in [-0.3, -0.25) is 37.3 Å². The fourth-order valence-corrected chi connectivity index (χ4v) is 14.0. The summed E-state index contributed by atoms with van der Waals surface area (Å²) in [5.74, 6) is -1.43. The van der Waals surface area contributed by atoms with Crippen LogP contribution in [0, 0.1) is 5.92 Å². The van der Waals surface area contributed by atoms with E-state index in [9.17, 15) is 43.2 Å². The zero-order valence-electron chi connectivity index (χ0n) is 64.6. The Morgan fingerprint density at radius 3 is 0.687 bits per heavy atom. The molecule has 19 heteroatoms. The van der Waals surface area contributed by atoms with E-state index in [0.717, 1.165) is 96.3 Å². The van der Waals surface area contributed by atoms with Crippen LogP contribution in [0.1, 0.15) is 426 Å². The quantitative estimate of drug-likeness (QED) is 0.0222. The highest BCUT2D eigenvalue weighted by Crippen LogP contribution is 2.45. The summed E-state index contributed by atoms with van der Waals surface area (Å²) in [6.45, 7) is 7.25. The summed E-state index contributed by atoms with van der Waals surface area (Å²) in [7, 11) is -9.92. The predicted molar refractivity (Wildman–Crippen MR) is 405 cm³/mol. The Labute approximate surface area is 607 Å². The van der Waals surface area contributed by atoms with Gasteiger partial charge in [0.15, 0.2) is 12.2 Å². The van der Waals surface area contributed by atoms with Crippen LogP contribution >= 0.6 is 15.6 Å². The fraction of sp³-hybridized carbons (Fsp3) is 0.950. The molecule has 2 unspecified atom stereocenters. The van der Waals surface area contributed by atoms with Gasteiger partial charge < -0.3 is 33.8 Å². The largest absolute Gasteiger partial charge is 0.472 e. The van der Waals surface area contributed by atoms with Gasteiger partial charge in [0.25, 0.3) is 0 Å². The van der Waals surface area contributed by atoms with Crippen molar-refractivity contribution in [1.82, 2.24) is 0 Å². The summed E-state index contributed by atoms with van der Waals surface area (Å²) in [5, 5.41) is 10.6. The maximum Gasteiger partial charge on any atom is 0.472 e. The molecular weight excluding hydrogens is 1290 g/mol. The van der Waals surface area contributed by atoms with Gasteiger partial charge in [0.05, 0.1) is 26.4 Å². The van der Waals surface area contributed by atoms with Crippen LogP contribution in [-0.2, 0) is 65.4 Å². The number of hydrogen-bond acceptors (Lipinski definition) is 15. The highest BCUT2D eigenvalue weighted by molar-refractivity contribution is 7.47. The number of esters is 4. The van der Waals surface area contributed by atoms with Crippen molar-refractivity contribution in [3.05, 3.63) is 0 Å². The maximum atomic E-state index is 13.1. The van der Waals surface area contributed by atoms with E-state index in [1.807, 2.05) is 0 Å². The van der Waals surface area contributed by atoms with E-state index in [-0.39, 0.29) is 25.7 Å². The van der Waals surface area contributed by atoms with Gasteiger partial charge in [0.1, 0.15) is 19.3 Å². The Bertz CT molecular complexity index is 1890. The van der Waals surface area contributed by atoms with Gasteiger partial charge in [-0.25, -0.2) is 9.13 Å². The molecule has 0 amide bonds. The molecule has 0 aromatic carbocycles. The van der Waals surface area contributed by atoms with Gasteiger partial charge in [-0.05, 0) is 31.6 Å². The van der Waals surface area contributed by atoms with Crippen molar-refractivity contribution in [1.29, 1.82) is 0 Å². The zero-order valence-corrected chi connectivity index (χ0v) is 66.4. The lowest BCUT2D eigenvalue weighted by Crippen LogP contribution is -2.30. The van der Waals surface area contributed by atoms with Crippen LogP contribution in [0.15, 0.2) is 0 Å². The van der Waals surface area contributed by atoms with Crippen molar-refractivity contribution in [2.24, 2.45) is 5.92 Å². The minimum absolute atomic E-state index is 0.107. The van der Waals surface area contributed by atoms with Crippen molar-refractivity contribution >= 4 is 39.5 Å². The van der Waals surface area contributed by atoms with E-state index in [1.165, 1.54) is 244 Å². The van der Waals surface area contributed by atoms with Crippen LogP contribution in [-0.4, -0.2) is 96.7 Å². The Morgan fingerprint density at radius 2 is 0.465 bits per heavy atom. The number of unbranched alkanes of at least 4 members (excludes halogenated alkanes) is 52. The highest BCUT2D eigenvalue weighted by atomic mass is 31.2. The molecule has 0 saturated carbocycles. The first-order valence-electron chi connectivity index (χ1n) is 41.6. The van der Waals surface area contributed by atoms with Gasteiger partial charge in [0, 0.05) is 25.7 Å². The van der Waals surface area contributed by atoms with Crippen LogP contribution in [0.3, 0.4) is 0 Å². The Balaban J connectivity index is 5.21. The first-order valence-corrected chi connectivity index (χ1v) is 44.6. The molecule has 0 heterocycles. The van der Waals surface area contributed by atoms with E-state index < -0.39 is 97.5 Å². The normalized spacial score (nSPS) is 13.9. The zero-order chi connectivity index (χ0) is 72.7. The summed E-state index contributed by atoms with van der Waals surface area (Å²) in [6.07, 6.45) is 64.0. The summed E-state index contributed by atoms with van der Waals surface area (Å²) >= 11 is 0. The monoisotopic (exact) mass is 1450 g/mol. The summed E-state index contributed by atoms with van der Waals surface area (Å²) in [4.78, 5) is 72.9. The van der Waals surface area contributed by atoms with E-state index in [0.29, 0.717) is 31.6 Å². The molecule has 0 aliphatic carbocycles. The lowest BCUT2D eigenvalue weighted by molar-refractivity contribution is -0.161. The SMILES string of the molecule is CCCCCCCCCCCCCCCCCCCCCCC(=O)O[C@H](COC(=O)CCCCCCCCCCCCCCCCC)COP(=O)(O)OC[C@@H](O)COP(=O)(O)OC[C@@H](COC(=O)CCCCCCCCC(C)C)OC(=O)CCCCCCCCCCCCCCCCC. The van der Waals surface area contributed by atoms with Crippen LogP contribution in [0.4, 0.5) is 0 Å². The number of phosphoric acid groups is 2. The molecule has 3 N–H and O–H groups in total. The standard InChI is InChI=1S/C80H156O17P2/c1-6-9-12-15-18-21-24-27-30-31-32-33-34-37-40-43-46-49-56-61-65-79(84)96-75(69-90-77(82)63-58-53-47-44-41-38-35-28-25-22-19-16-13-10-7-2)71-94-98(86,87)92-67-74(81)68-93-99(88,89)95-72-76(70-91-78(83)64-59-54-51-50-52-57-62-73(4)5)97-80(85)66-60-55-48-45-42-39-36-29-26-23-20-17-14-11-8-3/h73-76,81H,6-72H2,1-5H3,(H,86,87)(H,88,89)/t74-,75-,76-/m1/s1. The average molecular weight is 1450 g/mol. The summed E-state index contributed by atoms with van der Waals surface area (Å²) in [6, 6.07) is 0. The summed E-state index contributed by atoms with van der Waals surface area (Å²) < 4.78 is 68.7. The van der Waals surface area contributed by atoms with Crippen molar-refractivity contribution in [2.45, 2.75) is 445 Å². The number of ether oxygens (including phenoxy) is 4. The molecule has 0 aliphatic heterocycles. The molecule has 588 valence electrons. The van der Waals surface area contributed by atoms with Crippen LogP contribution in [0.5, 0.6) is 0 Å². The van der Waals surface area contributed by atoms with Crippen LogP contribution in [0.2, 0.25) is 0 Å². The topological polar surface area (TPSA) is 237 Å². The number of aliphatic hydroxyl groups is 1. The van der Waals surface area contributed by atoms with Gasteiger partial charge in [-0.1, -0.05) is 375 Å². The van der Waals surface area contributed by atoms with Gasteiger partial charge in [-0.15, -0.1) is 0 Å². The molecule has 99 heavy (non-hydrogen) atoms. The molecule has 0 rings (SSSR count). The number of aliphatic hydroxyl groups excluding tert-OH is 1. The fourth-order valence-electron chi connectivity index (χ4n) is 12.4. The van der Waals surface area contributed by atoms with Crippen molar-refractivity contribution < 1.29 is 80.2 Å². The van der Waals surface area contributed by atoms with Crippen molar-refractivity contribution in [3.63, 3.8) is 0 Å². The minimum Gasteiger partial charge on any atom is -0.462 e. The van der Waals surface area contributed by atoms with Crippen molar-refractivity contribution in [2.75, 3.05) is 39.6 Å². The second kappa shape index (κ2) is 73.0. The molecule has 0 fully saturated rings. The maximum absolute atomic E-state index is 13.1. The van der Waals surface area contributed by atoms with E-state index >= 15 is 0 Å². The van der Waals surface area contributed by atoms with Crippen LogP contribution in [0.25, 0.3) is 0 Å². The Morgan fingerprint density at radius 1 is 0.273 bits per heavy atom. The molecule has 17 nitrogen and oxygen atoms in total. The molecule has 0 spiro atoms. The van der Waals surface area contributed by atoms with E-state index in [4.69, 9.17) is 37.0 Å². The molecule has 0 aliphatic rings. The van der Waals surface area contributed by atoms with Gasteiger partial charge in [0.2, 0.25) is 0 Å². The average Bonchev–Trinajstić information content (AvgIpc) is 1.97. The smallest absolute Gasteiger partial charge is 0.462 e. The number of hydrogen-bond donors (Lipinski definition) is 3. The third kappa shape index (κ3) is 74.1. The molecule has 5 atom stereocenters. The number of rotatable bonds is 80. The molecule has 0 aromatic heterocycles. The molecule has 0 saturated heterocycles. The van der Waals surface area contributed by atoms with E-state index in [1.54, 1.807) is 0 Å². The first kappa shape index (κ1) is 97.1. The lowest BCUT2D eigenvalue weighted by Gasteiger charge is -2.21. The third-order valence-electron chi connectivity index (χ3n) is 18.8. The van der Waals surface area contributed by atoms with E-state index in [2.05, 4.69) is 34.6 Å². The summed E-state index contributed by atoms with van der Waals surface area (Å²) in [5.41, 5.74) is 0. The lowest BCUT2D eigenvalue weighted by atomic mass is 10.0. The Hall–Kier alpha value is -1.94. The molecule has 0 aromatic rings. The number of phosphoric ester groups is 2. The van der Waals surface area contributed by atoms with Gasteiger partial charge in [-0.2, -0.15) is 0 Å². The number of carbonyl (C=O) groups excluding carboxylic acids is 4. The van der Waals surface area contributed by atoms with Gasteiger partial charge >= 0.3 is 39.5 Å². The molecule has 0 bridgehead atoms. The predicted octanol–water partition coefficient (Wildman–Crippen LogP) is 24.0. The second-order valence-corrected chi connectivity index (χ2v) is 32.2. The highest BCUT2D eigenvalue weighted by Gasteiger charge is 2.30. The molecule has 0 radical (unpaired) electrons. The molecular formula is C80H156O17P2. The minimum atomic E-state index is -4.96. The number of carbonyl (C=O) groups is 4. The Kier molecular flexibility index (Phi) is 71.6. The van der Waals surface area contributed by atoms with Crippen molar-refractivity contribution in [3.8, 4) is 0 Å². The first-order chi connectivity index (χ1) is 48.0.